The Labute approximate surface area is 120 Å². The molecule has 0 spiro atoms. The number of para-hydroxylation sites is 1. The molecule has 0 aliphatic heterocycles. The van der Waals surface area contributed by atoms with E-state index in [1.165, 1.54) is 0 Å². The van der Waals surface area contributed by atoms with E-state index >= 15 is 0 Å². The van der Waals surface area contributed by atoms with Crippen molar-refractivity contribution in [1.29, 1.82) is 5.26 Å². The van der Waals surface area contributed by atoms with Gasteiger partial charge in [0.2, 0.25) is 0 Å². The van der Waals surface area contributed by atoms with Crippen molar-refractivity contribution in [3.8, 4) is 6.07 Å². The molecule has 0 saturated carbocycles. The predicted octanol–water partition coefficient (Wildman–Crippen LogP) is 2.84. The Morgan fingerprint density at radius 3 is 2.60 bits per heavy atom. The van der Waals surface area contributed by atoms with Crippen LogP contribution in [0.15, 0.2) is 42.1 Å². The summed E-state index contributed by atoms with van der Waals surface area (Å²) >= 11 is 0. The van der Waals surface area contributed by atoms with Gasteiger partial charge in [-0.3, -0.25) is 4.79 Å². The monoisotopic (exact) mass is 271 g/mol. The average molecular weight is 271 g/mol. The number of hydrogen-bond acceptors (Lipinski definition) is 3. The van der Waals surface area contributed by atoms with E-state index in [0.29, 0.717) is 13.1 Å². The van der Waals surface area contributed by atoms with Gasteiger partial charge in [0.1, 0.15) is 11.6 Å². The highest BCUT2D eigenvalue weighted by Crippen LogP contribution is 2.14. The minimum absolute atomic E-state index is 0.131. The molecule has 0 saturated heterocycles. The quantitative estimate of drug-likeness (QED) is 0.471. The Morgan fingerprint density at radius 2 is 2.05 bits per heavy atom. The first-order chi connectivity index (χ1) is 9.72. The van der Waals surface area contributed by atoms with E-state index in [9.17, 15) is 4.79 Å². The highest BCUT2D eigenvalue weighted by Gasteiger charge is 2.10. The summed E-state index contributed by atoms with van der Waals surface area (Å²) < 4.78 is 0. The van der Waals surface area contributed by atoms with E-state index in [-0.39, 0.29) is 11.5 Å². The Balaban J connectivity index is 2.81. The second kappa shape index (κ2) is 8.76. The second-order valence-corrected chi connectivity index (χ2v) is 4.39. The van der Waals surface area contributed by atoms with Gasteiger partial charge in [0.25, 0.3) is 5.91 Å². The number of anilines is 1. The van der Waals surface area contributed by atoms with Crippen LogP contribution < -0.4 is 10.2 Å². The van der Waals surface area contributed by atoms with Crippen molar-refractivity contribution in [1.82, 2.24) is 5.32 Å². The first-order valence-electron chi connectivity index (χ1n) is 6.94. The van der Waals surface area contributed by atoms with Crippen LogP contribution in [0.5, 0.6) is 0 Å². The molecule has 0 unspecified atom stereocenters. The lowest BCUT2D eigenvalue weighted by Crippen LogP contribution is -2.27. The van der Waals surface area contributed by atoms with E-state index < -0.39 is 0 Å². The number of nitrogens with one attached hydrogen (secondary N) is 1. The maximum atomic E-state index is 11.9. The molecule has 4 nitrogen and oxygen atoms in total. The molecule has 1 rings (SSSR count). The highest BCUT2D eigenvalue weighted by molar-refractivity contribution is 5.97. The Hall–Kier alpha value is -2.28. The first-order valence-corrected chi connectivity index (χ1v) is 6.94. The maximum Gasteiger partial charge on any atom is 0.263 e. The molecule has 1 amide bonds. The summed E-state index contributed by atoms with van der Waals surface area (Å²) in [5.41, 5.74) is 1.09. The number of benzene rings is 1. The SMILES string of the molecule is CCCCNC(=O)/C(C#N)=C\N(CC)c1ccccc1. The molecule has 0 radical (unpaired) electrons. The Morgan fingerprint density at radius 1 is 1.35 bits per heavy atom. The summed E-state index contributed by atoms with van der Waals surface area (Å²) in [6.07, 6.45) is 3.54. The van der Waals surface area contributed by atoms with Crippen molar-refractivity contribution in [2.24, 2.45) is 0 Å². The number of carbonyl (C=O) groups excluding carboxylic acids is 1. The van der Waals surface area contributed by atoms with E-state index in [4.69, 9.17) is 5.26 Å². The fourth-order valence-electron chi connectivity index (χ4n) is 1.74. The van der Waals surface area contributed by atoms with Crippen LogP contribution in [-0.4, -0.2) is 19.0 Å². The minimum atomic E-state index is -0.310. The van der Waals surface area contributed by atoms with Gasteiger partial charge < -0.3 is 10.2 Å². The zero-order valence-corrected chi connectivity index (χ0v) is 12.1. The van der Waals surface area contributed by atoms with Crippen LogP contribution in [0.1, 0.15) is 26.7 Å². The van der Waals surface area contributed by atoms with Crippen molar-refractivity contribution in [2.45, 2.75) is 26.7 Å². The summed E-state index contributed by atoms with van der Waals surface area (Å²) in [7, 11) is 0. The summed E-state index contributed by atoms with van der Waals surface area (Å²) in [6, 6.07) is 11.7. The van der Waals surface area contributed by atoms with Gasteiger partial charge in [0, 0.05) is 25.0 Å². The summed E-state index contributed by atoms with van der Waals surface area (Å²) in [6.45, 7) is 5.33. The molecular weight excluding hydrogens is 250 g/mol. The van der Waals surface area contributed by atoms with Gasteiger partial charge in [-0.25, -0.2) is 0 Å². The zero-order chi connectivity index (χ0) is 14.8. The van der Waals surface area contributed by atoms with Gasteiger partial charge in [-0.1, -0.05) is 31.5 Å². The minimum Gasteiger partial charge on any atom is -0.351 e. The predicted molar refractivity (Wildman–Crippen MR) is 81.1 cm³/mol. The molecule has 0 aliphatic rings. The number of nitriles is 1. The molecule has 20 heavy (non-hydrogen) atoms. The zero-order valence-electron chi connectivity index (χ0n) is 12.1. The van der Waals surface area contributed by atoms with Crippen LogP contribution in [0.4, 0.5) is 5.69 Å². The van der Waals surface area contributed by atoms with E-state index in [0.717, 1.165) is 18.5 Å². The van der Waals surface area contributed by atoms with Crippen LogP contribution in [0.2, 0.25) is 0 Å². The van der Waals surface area contributed by atoms with Gasteiger partial charge in [0.05, 0.1) is 0 Å². The van der Waals surface area contributed by atoms with Gasteiger partial charge in [-0.15, -0.1) is 0 Å². The van der Waals surface area contributed by atoms with Crippen LogP contribution in [0.3, 0.4) is 0 Å². The number of amides is 1. The van der Waals surface area contributed by atoms with Crippen LogP contribution in [0.25, 0.3) is 0 Å². The van der Waals surface area contributed by atoms with Gasteiger partial charge in [-0.2, -0.15) is 5.26 Å². The fraction of sp³-hybridized carbons (Fsp3) is 0.375. The molecule has 0 atom stereocenters. The number of rotatable bonds is 7. The molecule has 0 heterocycles. The van der Waals surface area contributed by atoms with Crippen molar-refractivity contribution >= 4 is 11.6 Å². The van der Waals surface area contributed by atoms with Crippen LogP contribution in [-0.2, 0) is 4.79 Å². The fourth-order valence-corrected chi connectivity index (χ4v) is 1.74. The van der Waals surface area contributed by atoms with E-state index in [1.54, 1.807) is 6.20 Å². The Kier molecular flexibility index (Phi) is 6.91. The molecule has 4 heteroatoms. The maximum absolute atomic E-state index is 11.9. The van der Waals surface area contributed by atoms with E-state index in [2.05, 4.69) is 12.2 Å². The molecule has 0 fully saturated rings. The standard InChI is InChI=1S/C16H21N3O/c1-3-5-11-18-16(20)14(12-17)13-19(4-2)15-9-7-6-8-10-15/h6-10,13H,3-5,11H2,1-2H3,(H,18,20)/b14-13-. The molecular formula is C16H21N3O. The highest BCUT2D eigenvalue weighted by atomic mass is 16.1. The summed E-state index contributed by atoms with van der Waals surface area (Å²) in [5.74, 6) is -0.310. The summed E-state index contributed by atoms with van der Waals surface area (Å²) in [5, 5.41) is 11.9. The number of carbonyl (C=O) groups is 1. The third kappa shape index (κ3) is 4.77. The van der Waals surface area contributed by atoms with Crippen LogP contribution >= 0.6 is 0 Å². The molecule has 1 aromatic rings. The van der Waals surface area contributed by atoms with Crippen molar-refractivity contribution in [2.75, 3.05) is 18.0 Å². The second-order valence-electron chi connectivity index (χ2n) is 4.39. The number of hydrogen-bond donors (Lipinski definition) is 1. The molecule has 1 N–H and O–H groups in total. The third-order valence-corrected chi connectivity index (χ3v) is 2.89. The molecule has 0 bridgehead atoms. The average Bonchev–Trinajstić information content (AvgIpc) is 2.49. The lowest BCUT2D eigenvalue weighted by atomic mass is 10.2. The number of unbranched alkanes of at least 4 members (excludes halogenated alkanes) is 1. The van der Waals surface area contributed by atoms with Crippen LogP contribution in [0, 0.1) is 11.3 Å². The van der Waals surface area contributed by atoms with Gasteiger partial charge in [0.15, 0.2) is 0 Å². The largest absolute Gasteiger partial charge is 0.351 e. The molecule has 1 aromatic carbocycles. The normalized spacial score (nSPS) is 10.8. The third-order valence-electron chi connectivity index (χ3n) is 2.89. The van der Waals surface area contributed by atoms with Gasteiger partial charge in [-0.05, 0) is 25.5 Å². The lowest BCUT2D eigenvalue weighted by Gasteiger charge is -2.18. The smallest absolute Gasteiger partial charge is 0.263 e. The number of nitrogens with zero attached hydrogens (tertiary/aromatic N) is 2. The van der Waals surface area contributed by atoms with Gasteiger partial charge >= 0.3 is 0 Å². The van der Waals surface area contributed by atoms with Crippen molar-refractivity contribution < 1.29 is 4.79 Å². The van der Waals surface area contributed by atoms with Crippen molar-refractivity contribution in [3.05, 3.63) is 42.1 Å². The molecule has 0 aliphatic carbocycles. The molecule has 106 valence electrons. The first kappa shape index (κ1) is 15.8. The molecule has 0 aromatic heterocycles. The Bertz CT molecular complexity index is 488. The topological polar surface area (TPSA) is 56.1 Å². The van der Waals surface area contributed by atoms with E-state index in [1.807, 2.05) is 48.2 Å². The summed E-state index contributed by atoms with van der Waals surface area (Å²) in [4.78, 5) is 13.8. The van der Waals surface area contributed by atoms with Crippen molar-refractivity contribution in [3.63, 3.8) is 0 Å². The lowest BCUT2D eigenvalue weighted by molar-refractivity contribution is -0.117.